The summed E-state index contributed by atoms with van der Waals surface area (Å²) in [5, 5.41) is 3.42. The molecule has 1 N–H and O–H groups in total. The highest BCUT2D eigenvalue weighted by Crippen LogP contribution is 2.21. The van der Waals surface area contributed by atoms with Crippen LogP contribution in [-0.4, -0.2) is 24.1 Å². The standard InChI is InChI=1S/C15H25N3/c1-12(2)16-11-14-5-4-6-15(17-14)18-9-7-13(3)8-10-18/h4-6,12-13,16H,7-11H2,1-3H3. The maximum absolute atomic E-state index is 4.76. The SMILES string of the molecule is CC1CCN(c2cccc(CNC(C)C)n2)CC1. The van der Waals surface area contributed by atoms with Crippen LogP contribution in [0.2, 0.25) is 0 Å². The van der Waals surface area contributed by atoms with E-state index in [-0.39, 0.29) is 0 Å². The fourth-order valence-electron chi connectivity index (χ4n) is 2.29. The van der Waals surface area contributed by atoms with E-state index in [1.807, 2.05) is 0 Å². The fraction of sp³-hybridized carbons (Fsp3) is 0.667. The maximum atomic E-state index is 4.76. The molecule has 0 bridgehead atoms. The first-order valence-electron chi connectivity index (χ1n) is 7.09. The third kappa shape index (κ3) is 3.70. The quantitative estimate of drug-likeness (QED) is 0.887. The first-order valence-corrected chi connectivity index (χ1v) is 7.09. The van der Waals surface area contributed by atoms with E-state index in [1.54, 1.807) is 0 Å². The molecule has 0 aliphatic carbocycles. The third-order valence-electron chi connectivity index (χ3n) is 3.59. The van der Waals surface area contributed by atoms with Crippen LogP contribution in [0.25, 0.3) is 0 Å². The van der Waals surface area contributed by atoms with Gasteiger partial charge in [0.25, 0.3) is 0 Å². The summed E-state index contributed by atoms with van der Waals surface area (Å²) in [6.07, 6.45) is 2.58. The lowest BCUT2D eigenvalue weighted by Gasteiger charge is -2.31. The van der Waals surface area contributed by atoms with E-state index in [9.17, 15) is 0 Å². The Balaban J connectivity index is 1.98. The van der Waals surface area contributed by atoms with Crippen LogP contribution < -0.4 is 10.2 Å². The van der Waals surface area contributed by atoms with Gasteiger partial charge in [-0.05, 0) is 30.9 Å². The minimum atomic E-state index is 0.506. The summed E-state index contributed by atoms with van der Waals surface area (Å²) < 4.78 is 0. The lowest BCUT2D eigenvalue weighted by atomic mass is 9.99. The molecule has 0 radical (unpaired) electrons. The summed E-state index contributed by atoms with van der Waals surface area (Å²) >= 11 is 0. The minimum Gasteiger partial charge on any atom is -0.357 e. The van der Waals surface area contributed by atoms with Crippen LogP contribution in [0.4, 0.5) is 5.82 Å². The Morgan fingerprint density at radius 1 is 1.33 bits per heavy atom. The molecule has 1 aromatic heterocycles. The van der Waals surface area contributed by atoms with Gasteiger partial charge in [0.15, 0.2) is 0 Å². The largest absolute Gasteiger partial charge is 0.357 e. The molecule has 1 aromatic rings. The molecule has 0 saturated carbocycles. The maximum Gasteiger partial charge on any atom is 0.128 e. The van der Waals surface area contributed by atoms with Crippen molar-refractivity contribution in [3.05, 3.63) is 23.9 Å². The van der Waals surface area contributed by atoms with Gasteiger partial charge in [0.2, 0.25) is 0 Å². The van der Waals surface area contributed by atoms with Gasteiger partial charge in [-0.15, -0.1) is 0 Å². The Labute approximate surface area is 111 Å². The summed E-state index contributed by atoms with van der Waals surface area (Å²) in [5.74, 6) is 2.01. The average molecular weight is 247 g/mol. The lowest BCUT2D eigenvalue weighted by Crippen LogP contribution is -2.33. The number of nitrogens with one attached hydrogen (secondary N) is 1. The van der Waals surface area contributed by atoms with Gasteiger partial charge in [-0.2, -0.15) is 0 Å². The van der Waals surface area contributed by atoms with Gasteiger partial charge in [-0.3, -0.25) is 0 Å². The minimum absolute atomic E-state index is 0.506. The van der Waals surface area contributed by atoms with Gasteiger partial charge >= 0.3 is 0 Å². The van der Waals surface area contributed by atoms with Crippen LogP contribution in [0, 0.1) is 5.92 Å². The molecule has 1 saturated heterocycles. The smallest absolute Gasteiger partial charge is 0.128 e. The van der Waals surface area contributed by atoms with Crippen molar-refractivity contribution in [1.82, 2.24) is 10.3 Å². The van der Waals surface area contributed by atoms with E-state index in [0.29, 0.717) is 6.04 Å². The number of hydrogen-bond acceptors (Lipinski definition) is 3. The van der Waals surface area contributed by atoms with Gasteiger partial charge in [0.05, 0.1) is 5.69 Å². The predicted octanol–water partition coefficient (Wildman–Crippen LogP) is 2.82. The molecule has 0 unspecified atom stereocenters. The fourth-order valence-corrected chi connectivity index (χ4v) is 2.29. The first-order chi connectivity index (χ1) is 8.65. The van der Waals surface area contributed by atoms with E-state index in [2.05, 4.69) is 49.2 Å². The second-order valence-electron chi connectivity index (χ2n) is 5.69. The zero-order chi connectivity index (χ0) is 13.0. The number of aromatic nitrogens is 1. The highest BCUT2D eigenvalue weighted by Gasteiger charge is 2.16. The molecule has 3 heteroatoms. The number of piperidine rings is 1. The summed E-state index contributed by atoms with van der Waals surface area (Å²) in [4.78, 5) is 7.17. The number of hydrogen-bond donors (Lipinski definition) is 1. The van der Waals surface area contributed by atoms with Crippen molar-refractivity contribution >= 4 is 5.82 Å². The van der Waals surface area contributed by atoms with Crippen molar-refractivity contribution in [1.29, 1.82) is 0 Å². The predicted molar refractivity (Wildman–Crippen MR) is 76.8 cm³/mol. The molecule has 0 aromatic carbocycles. The van der Waals surface area contributed by atoms with Crippen LogP contribution in [0.5, 0.6) is 0 Å². The zero-order valence-corrected chi connectivity index (χ0v) is 11.8. The Bertz CT molecular complexity index is 368. The van der Waals surface area contributed by atoms with Crippen molar-refractivity contribution in [2.75, 3.05) is 18.0 Å². The van der Waals surface area contributed by atoms with Crippen molar-refractivity contribution in [3.63, 3.8) is 0 Å². The Morgan fingerprint density at radius 3 is 2.72 bits per heavy atom. The Hall–Kier alpha value is -1.09. The van der Waals surface area contributed by atoms with Gasteiger partial charge in [0, 0.05) is 25.7 Å². The second kappa shape index (κ2) is 6.19. The zero-order valence-electron chi connectivity index (χ0n) is 11.8. The first kappa shape index (κ1) is 13.3. The van der Waals surface area contributed by atoms with Gasteiger partial charge < -0.3 is 10.2 Å². The van der Waals surface area contributed by atoms with Gasteiger partial charge in [-0.25, -0.2) is 4.98 Å². The lowest BCUT2D eigenvalue weighted by molar-refractivity contribution is 0.436. The highest BCUT2D eigenvalue weighted by atomic mass is 15.2. The highest BCUT2D eigenvalue weighted by molar-refractivity contribution is 5.39. The Kier molecular flexibility index (Phi) is 4.59. The second-order valence-corrected chi connectivity index (χ2v) is 5.69. The molecule has 0 atom stereocenters. The van der Waals surface area contributed by atoms with E-state index < -0.39 is 0 Å². The molecule has 1 aliphatic heterocycles. The molecule has 0 spiro atoms. The van der Waals surface area contributed by atoms with E-state index in [0.717, 1.165) is 37.1 Å². The van der Waals surface area contributed by atoms with Gasteiger partial charge in [0.1, 0.15) is 5.82 Å². The van der Waals surface area contributed by atoms with Crippen LogP contribution in [0.3, 0.4) is 0 Å². The molecule has 2 rings (SSSR count). The third-order valence-corrected chi connectivity index (χ3v) is 3.59. The molecular weight excluding hydrogens is 222 g/mol. The number of nitrogens with zero attached hydrogens (tertiary/aromatic N) is 2. The average Bonchev–Trinajstić information content (AvgIpc) is 2.37. The summed E-state index contributed by atoms with van der Waals surface area (Å²) in [7, 11) is 0. The van der Waals surface area contributed by atoms with Crippen LogP contribution in [0.1, 0.15) is 39.3 Å². The molecule has 1 aliphatic rings. The molecular formula is C15H25N3. The van der Waals surface area contributed by atoms with Crippen LogP contribution >= 0.6 is 0 Å². The number of rotatable bonds is 4. The van der Waals surface area contributed by atoms with Gasteiger partial charge in [-0.1, -0.05) is 26.8 Å². The summed E-state index contributed by atoms with van der Waals surface area (Å²) in [6.45, 7) is 9.82. The molecule has 100 valence electrons. The van der Waals surface area contributed by atoms with E-state index >= 15 is 0 Å². The molecule has 1 fully saturated rings. The van der Waals surface area contributed by atoms with Crippen molar-refractivity contribution in [2.45, 2.75) is 46.2 Å². The summed E-state index contributed by atoms with van der Waals surface area (Å²) in [6, 6.07) is 6.86. The normalized spacial score (nSPS) is 17.4. The molecule has 0 amide bonds. The van der Waals surface area contributed by atoms with Crippen LogP contribution in [0.15, 0.2) is 18.2 Å². The van der Waals surface area contributed by atoms with E-state index in [4.69, 9.17) is 4.98 Å². The summed E-state index contributed by atoms with van der Waals surface area (Å²) in [5.41, 5.74) is 1.14. The Morgan fingerprint density at radius 2 is 2.06 bits per heavy atom. The molecule has 18 heavy (non-hydrogen) atoms. The number of anilines is 1. The van der Waals surface area contributed by atoms with Crippen molar-refractivity contribution in [3.8, 4) is 0 Å². The molecule has 3 nitrogen and oxygen atoms in total. The van der Waals surface area contributed by atoms with Crippen molar-refractivity contribution in [2.24, 2.45) is 5.92 Å². The van der Waals surface area contributed by atoms with Crippen LogP contribution in [-0.2, 0) is 6.54 Å². The topological polar surface area (TPSA) is 28.2 Å². The van der Waals surface area contributed by atoms with E-state index in [1.165, 1.54) is 12.8 Å². The monoisotopic (exact) mass is 247 g/mol. The van der Waals surface area contributed by atoms with Crippen molar-refractivity contribution < 1.29 is 0 Å². The molecule has 2 heterocycles. The number of pyridine rings is 1.